The smallest absolute Gasteiger partial charge is 0.322 e. The highest BCUT2D eigenvalue weighted by Gasteiger charge is 2.32. The lowest BCUT2D eigenvalue weighted by Gasteiger charge is -1.95. The maximum atomic E-state index is 11.3. The molecule has 14 heavy (non-hydrogen) atoms. The number of anilines is 1. The number of carbonyl (C=O) groups is 1. The van der Waals surface area contributed by atoms with Gasteiger partial charge in [-0.25, -0.2) is 0 Å². The molecule has 0 saturated heterocycles. The Kier molecular flexibility index (Phi) is 1.59. The lowest BCUT2D eigenvalue weighted by molar-refractivity contribution is -0.117. The van der Waals surface area contributed by atoms with Crippen LogP contribution in [0.3, 0.4) is 0 Å². The van der Waals surface area contributed by atoms with Crippen molar-refractivity contribution < 1.29 is 9.21 Å². The average molecular weight is 193 g/mol. The molecule has 1 aromatic heterocycles. The molecular weight excluding hydrogens is 182 g/mol. The molecule has 74 valence electrons. The van der Waals surface area contributed by atoms with Gasteiger partial charge in [0, 0.05) is 11.8 Å². The normalized spacial score (nSPS) is 20.9. The highest BCUT2D eigenvalue weighted by atomic mass is 16.4. The SMILES string of the molecule is O=C(Nc1nnc(C2CC2)o1)C1CC1. The minimum atomic E-state index is 0.0102. The van der Waals surface area contributed by atoms with Gasteiger partial charge in [-0.05, 0) is 25.7 Å². The molecule has 0 unspecified atom stereocenters. The van der Waals surface area contributed by atoms with Gasteiger partial charge in [0.2, 0.25) is 11.8 Å². The van der Waals surface area contributed by atoms with Gasteiger partial charge in [0.1, 0.15) is 0 Å². The van der Waals surface area contributed by atoms with Crippen molar-refractivity contribution >= 4 is 11.9 Å². The summed E-state index contributed by atoms with van der Waals surface area (Å²) in [7, 11) is 0. The van der Waals surface area contributed by atoms with Gasteiger partial charge >= 0.3 is 6.01 Å². The van der Waals surface area contributed by atoms with Crippen molar-refractivity contribution in [2.45, 2.75) is 31.6 Å². The van der Waals surface area contributed by atoms with Crippen molar-refractivity contribution in [1.29, 1.82) is 0 Å². The molecule has 0 aromatic carbocycles. The molecule has 0 spiro atoms. The van der Waals surface area contributed by atoms with Crippen molar-refractivity contribution in [2.75, 3.05) is 5.32 Å². The topological polar surface area (TPSA) is 68.0 Å². The van der Waals surface area contributed by atoms with Crippen molar-refractivity contribution in [3.8, 4) is 0 Å². The second kappa shape index (κ2) is 2.80. The zero-order valence-corrected chi connectivity index (χ0v) is 7.69. The molecule has 1 amide bonds. The Balaban J connectivity index is 1.66. The van der Waals surface area contributed by atoms with Gasteiger partial charge in [0.15, 0.2) is 0 Å². The Morgan fingerprint density at radius 3 is 2.71 bits per heavy atom. The van der Waals surface area contributed by atoms with Gasteiger partial charge in [-0.1, -0.05) is 5.10 Å². The number of amides is 1. The van der Waals surface area contributed by atoms with Crippen LogP contribution in [0.25, 0.3) is 0 Å². The maximum Gasteiger partial charge on any atom is 0.322 e. The Labute approximate surface area is 80.9 Å². The number of rotatable bonds is 3. The zero-order valence-electron chi connectivity index (χ0n) is 7.69. The van der Waals surface area contributed by atoms with Crippen LogP contribution in [-0.2, 0) is 4.79 Å². The standard InChI is InChI=1S/C9H11N3O2/c13-7(5-1-2-5)10-9-12-11-8(14-9)6-3-4-6/h5-6H,1-4H2,(H,10,12,13). The van der Waals surface area contributed by atoms with Crippen LogP contribution >= 0.6 is 0 Å². The van der Waals surface area contributed by atoms with E-state index < -0.39 is 0 Å². The number of hydrogen-bond donors (Lipinski definition) is 1. The molecule has 0 bridgehead atoms. The minimum Gasteiger partial charge on any atom is -0.408 e. The largest absolute Gasteiger partial charge is 0.408 e. The highest BCUT2D eigenvalue weighted by Crippen LogP contribution is 2.39. The third-order valence-electron chi connectivity index (χ3n) is 2.55. The summed E-state index contributed by atoms with van der Waals surface area (Å²) in [5.41, 5.74) is 0. The number of hydrogen-bond acceptors (Lipinski definition) is 4. The molecule has 3 rings (SSSR count). The van der Waals surface area contributed by atoms with E-state index in [4.69, 9.17) is 4.42 Å². The second-order valence-electron chi connectivity index (χ2n) is 3.98. The first-order chi connectivity index (χ1) is 6.83. The van der Waals surface area contributed by atoms with E-state index >= 15 is 0 Å². The molecular formula is C9H11N3O2. The number of carbonyl (C=O) groups excluding carboxylic acids is 1. The molecule has 2 aliphatic rings. The van der Waals surface area contributed by atoms with Crippen molar-refractivity contribution in [1.82, 2.24) is 10.2 Å². The summed E-state index contributed by atoms with van der Waals surface area (Å²) in [6.45, 7) is 0. The Hall–Kier alpha value is -1.39. The summed E-state index contributed by atoms with van der Waals surface area (Å²) >= 11 is 0. The molecule has 1 aromatic rings. The van der Waals surface area contributed by atoms with Crippen LogP contribution in [0.1, 0.15) is 37.5 Å². The molecule has 2 fully saturated rings. The van der Waals surface area contributed by atoms with Crippen LogP contribution in [0.15, 0.2) is 4.42 Å². The third-order valence-corrected chi connectivity index (χ3v) is 2.55. The lowest BCUT2D eigenvalue weighted by atomic mass is 10.4. The van der Waals surface area contributed by atoms with Gasteiger partial charge in [-0.3, -0.25) is 10.1 Å². The monoisotopic (exact) mass is 193 g/mol. The van der Waals surface area contributed by atoms with Crippen molar-refractivity contribution in [3.63, 3.8) is 0 Å². The summed E-state index contributed by atoms with van der Waals surface area (Å²) in [5.74, 6) is 1.28. The van der Waals surface area contributed by atoms with Gasteiger partial charge in [0.05, 0.1) is 0 Å². The number of nitrogens with one attached hydrogen (secondary N) is 1. The van der Waals surface area contributed by atoms with E-state index in [-0.39, 0.29) is 17.8 Å². The Bertz CT molecular complexity index is 366. The summed E-state index contributed by atoms with van der Waals surface area (Å²) in [6.07, 6.45) is 4.21. The molecule has 0 aliphatic heterocycles. The second-order valence-corrected chi connectivity index (χ2v) is 3.98. The average Bonchev–Trinajstić information content (AvgIpc) is 3.06. The number of nitrogens with zero attached hydrogens (tertiary/aromatic N) is 2. The van der Waals surface area contributed by atoms with Crippen LogP contribution in [0.2, 0.25) is 0 Å². The number of aromatic nitrogens is 2. The van der Waals surface area contributed by atoms with E-state index in [2.05, 4.69) is 15.5 Å². The quantitative estimate of drug-likeness (QED) is 0.785. The van der Waals surface area contributed by atoms with Crippen molar-refractivity contribution in [3.05, 3.63) is 5.89 Å². The minimum absolute atomic E-state index is 0.0102. The summed E-state index contributed by atoms with van der Waals surface area (Å²) < 4.78 is 5.30. The fourth-order valence-electron chi connectivity index (χ4n) is 1.33. The molecule has 5 heteroatoms. The van der Waals surface area contributed by atoms with Gasteiger partial charge in [-0.15, -0.1) is 5.10 Å². The fourth-order valence-corrected chi connectivity index (χ4v) is 1.33. The van der Waals surface area contributed by atoms with E-state index in [9.17, 15) is 4.79 Å². The Morgan fingerprint density at radius 1 is 1.29 bits per heavy atom. The predicted molar refractivity (Wildman–Crippen MR) is 47.6 cm³/mol. The Morgan fingerprint density at radius 2 is 2.07 bits per heavy atom. The maximum absolute atomic E-state index is 11.3. The summed E-state index contributed by atoms with van der Waals surface area (Å²) in [6, 6.07) is 0.254. The van der Waals surface area contributed by atoms with E-state index in [1.54, 1.807) is 0 Å². The van der Waals surface area contributed by atoms with Crippen LogP contribution in [0.5, 0.6) is 0 Å². The summed E-state index contributed by atoms with van der Waals surface area (Å²) in [5, 5.41) is 10.3. The van der Waals surface area contributed by atoms with Gasteiger partial charge < -0.3 is 4.42 Å². The zero-order chi connectivity index (χ0) is 9.54. The molecule has 5 nitrogen and oxygen atoms in total. The van der Waals surface area contributed by atoms with E-state index in [1.165, 1.54) is 0 Å². The fraction of sp³-hybridized carbons (Fsp3) is 0.667. The van der Waals surface area contributed by atoms with Crippen LogP contribution in [-0.4, -0.2) is 16.1 Å². The van der Waals surface area contributed by atoms with Crippen LogP contribution < -0.4 is 5.32 Å². The highest BCUT2D eigenvalue weighted by molar-refractivity contribution is 5.92. The first-order valence-corrected chi connectivity index (χ1v) is 4.97. The van der Waals surface area contributed by atoms with Gasteiger partial charge in [0.25, 0.3) is 0 Å². The van der Waals surface area contributed by atoms with Crippen molar-refractivity contribution in [2.24, 2.45) is 5.92 Å². The van der Waals surface area contributed by atoms with Crippen LogP contribution in [0, 0.1) is 5.92 Å². The lowest BCUT2D eigenvalue weighted by Crippen LogP contribution is -2.13. The molecule has 2 saturated carbocycles. The van der Waals surface area contributed by atoms with Crippen LogP contribution in [0.4, 0.5) is 6.01 Å². The predicted octanol–water partition coefficient (Wildman–Crippen LogP) is 1.30. The third kappa shape index (κ3) is 1.49. The summed E-state index contributed by atoms with van der Waals surface area (Å²) in [4.78, 5) is 11.3. The van der Waals surface area contributed by atoms with E-state index in [0.29, 0.717) is 11.8 Å². The van der Waals surface area contributed by atoms with Gasteiger partial charge in [-0.2, -0.15) is 0 Å². The molecule has 0 radical (unpaired) electrons. The van der Waals surface area contributed by atoms with E-state index in [0.717, 1.165) is 25.7 Å². The molecule has 1 heterocycles. The molecule has 1 N–H and O–H groups in total. The van der Waals surface area contributed by atoms with E-state index in [1.807, 2.05) is 0 Å². The first-order valence-electron chi connectivity index (χ1n) is 4.97. The molecule has 2 aliphatic carbocycles. The first kappa shape index (κ1) is 7.96. The molecule has 0 atom stereocenters.